The molecule has 2 heterocycles. The van der Waals surface area contributed by atoms with Crippen molar-refractivity contribution in [1.82, 2.24) is 9.55 Å². The van der Waals surface area contributed by atoms with Crippen LogP contribution < -0.4 is 4.74 Å². The van der Waals surface area contributed by atoms with Gasteiger partial charge in [0, 0.05) is 6.20 Å². The Hall–Kier alpha value is -3.34. The average molecular weight is 428 g/mol. The number of fused-ring (bicyclic) bond motifs is 1. The quantitative estimate of drug-likeness (QED) is 0.503. The lowest BCUT2D eigenvalue weighted by atomic mass is 9.70. The second kappa shape index (κ2) is 8.30. The fourth-order valence-electron chi connectivity index (χ4n) is 4.96. The Kier molecular flexibility index (Phi) is 5.33. The maximum Gasteiger partial charge on any atom is 0.171 e. The monoisotopic (exact) mass is 427 g/mol. The summed E-state index contributed by atoms with van der Waals surface area (Å²) in [4.78, 5) is 10.5. The lowest BCUT2D eigenvalue weighted by Crippen LogP contribution is -2.38. The largest absolute Gasteiger partial charge is 0.495 e. The Bertz CT molecular complexity index is 1180. The first-order valence-corrected chi connectivity index (χ1v) is 11.3. The number of hydrogen-bond donors (Lipinski definition) is 0. The van der Waals surface area contributed by atoms with E-state index in [4.69, 9.17) is 9.57 Å². The first-order chi connectivity index (χ1) is 15.6. The van der Waals surface area contributed by atoms with Gasteiger partial charge in [0.2, 0.25) is 0 Å². The van der Waals surface area contributed by atoms with Crippen LogP contribution in [0, 0.1) is 19.8 Å². The van der Waals surface area contributed by atoms with Gasteiger partial charge >= 0.3 is 0 Å². The van der Waals surface area contributed by atoms with E-state index in [-0.39, 0.29) is 11.5 Å². The molecule has 2 aromatic carbocycles. The second-order valence-corrected chi connectivity index (χ2v) is 8.85. The number of oxime groups is 1. The molecule has 0 radical (unpaired) electrons. The van der Waals surface area contributed by atoms with E-state index < -0.39 is 0 Å². The summed E-state index contributed by atoms with van der Waals surface area (Å²) in [7, 11) is 1.70. The highest BCUT2D eigenvalue weighted by Gasteiger charge is 2.50. The molecule has 2 aliphatic rings. The first kappa shape index (κ1) is 20.6. The maximum atomic E-state index is 6.20. The lowest BCUT2D eigenvalue weighted by molar-refractivity contribution is -0.0715. The normalized spacial score (nSPS) is 22.5. The minimum absolute atomic E-state index is 0.283. The molecule has 2 atom stereocenters. The molecule has 0 saturated heterocycles. The van der Waals surface area contributed by atoms with Gasteiger partial charge in [-0.3, -0.25) is 0 Å². The molecule has 5 rings (SSSR count). The molecule has 0 bridgehead atoms. The van der Waals surface area contributed by atoms with Crippen molar-refractivity contribution in [2.24, 2.45) is 11.1 Å². The van der Waals surface area contributed by atoms with Crippen LogP contribution >= 0.6 is 0 Å². The zero-order valence-corrected chi connectivity index (χ0v) is 18.9. The Morgan fingerprint density at radius 1 is 1.09 bits per heavy atom. The van der Waals surface area contributed by atoms with Crippen molar-refractivity contribution < 1.29 is 9.57 Å². The zero-order valence-electron chi connectivity index (χ0n) is 18.9. The summed E-state index contributed by atoms with van der Waals surface area (Å²) in [6.45, 7) is 4.10. The van der Waals surface area contributed by atoms with Gasteiger partial charge in [0.05, 0.1) is 36.4 Å². The van der Waals surface area contributed by atoms with Crippen molar-refractivity contribution in [3.05, 3.63) is 83.4 Å². The molecule has 0 N–H and O–H groups in total. The highest BCUT2D eigenvalue weighted by atomic mass is 16.7. The van der Waals surface area contributed by atoms with E-state index in [1.165, 1.54) is 24.0 Å². The highest BCUT2D eigenvalue weighted by Crippen LogP contribution is 2.49. The van der Waals surface area contributed by atoms with Crippen molar-refractivity contribution in [3.8, 4) is 11.4 Å². The molecule has 1 aliphatic heterocycles. The second-order valence-electron chi connectivity index (χ2n) is 8.85. The molecule has 1 aliphatic carbocycles. The summed E-state index contributed by atoms with van der Waals surface area (Å²) in [6.07, 6.45) is 12.5. The number of rotatable bonds is 5. The Morgan fingerprint density at radius 2 is 1.94 bits per heavy atom. The molecule has 5 nitrogen and oxygen atoms in total. The minimum atomic E-state index is -0.327. The summed E-state index contributed by atoms with van der Waals surface area (Å²) in [5.41, 5.74) is 6.21. The molecule has 1 aromatic heterocycles. The van der Waals surface area contributed by atoms with Gasteiger partial charge in [-0.1, -0.05) is 53.5 Å². The lowest BCUT2D eigenvalue weighted by Gasteiger charge is -2.37. The van der Waals surface area contributed by atoms with Crippen LogP contribution in [-0.2, 0) is 10.4 Å². The summed E-state index contributed by atoms with van der Waals surface area (Å²) in [5, 5.41) is 4.56. The topological polar surface area (TPSA) is 48.6 Å². The summed E-state index contributed by atoms with van der Waals surface area (Å²) in [5.74, 6) is 1.09. The standard InChI is InChI=1S/C27H29N3O2/c1-19-7-11-22(12-8-19)27-15-5-4-6-23(27)24(29-32-27)13-9-21-10-14-25(26(16-21)31-3)30-17-20(2)28-18-30/h7-14,16-18,23H,4-6,15H2,1-3H3/b13-9+. The van der Waals surface area contributed by atoms with Gasteiger partial charge in [0.15, 0.2) is 5.60 Å². The zero-order chi connectivity index (χ0) is 22.1. The van der Waals surface area contributed by atoms with E-state index in [9.17, 15) is 0 Å². The maximum absolute atomic E-state index is 6.20. The molecule has 3 aromatic rings. The number of ether oxygens (including phenoxy) is 1. The smallest absolute Gasteiger partial charge is 0.171 e. The van der Waals surface area contributed by atoms with Crippen LogP contribution in [0.5, 0.6) is 5.75 Å². The average Bonchev–Trinajstić information content (AvgIpc) is 3.42. The molecular weight excluding hydrogens is 398 g/mol. The van der Waals surface area contributed by atoms with Crippen molar-refractivity contribution in [1.29, 1.82) is 0 Å². The van der Waals surface area contributed by atoms with Gasteiger partial charge < -0.3 is 14.1 Å². The Balaban J connectivity index is 1.40. The van der Waals surface area contributed by atoms with Crippen LogP contribution in [0.1, 0.15) is 48.1 Å². The molecule has 32 heavy (non-hydrogen) atoms. The number of benzene rings is 2. The molecule has 2 unspecified atom stereocenters. The Morgan fingerprint density at radius 3 is 2.69 bits per heavy atom. The molecule has 5 heteroatoms. The van der Waals surface area contributed by atoms with Crippen molar-refractivity contribution in [3.63, 3.8) is 0 Å². The molecule has 0 amide bonds. The predicted molar refractivity (Wildman–Crippen MR) is 127 cm³/mol. The van der Waals surface area contributed by atoms with E-state index in [1.807, 2.05) is 23.8 Å². The molecule has 1 fully saturated rings. The van der Waals surface area contributed by atoms with Crippen molar-refractivity contribution in [2.45, 2.75) is 45.1 Å². The molecular formula is C27H29N3O2. The van der Waals surface area contributed by atoms with Crippen molar-refractivity contribution >= 4 is 11.8 Å². The van der Waals surface area contributed by atoms with E-state index in [2.05, 4.69) is 65.6 Å². The fourth-order valence-corrected chi connectivity index (χ4v) is 4.96. The SMILES string of the molecule is COc1cc(/C=C/C2=NOC3(c4ccc(C)cc4)CCCCC23)ccc1-n1cnc(C)c1. The van der Waals surface area contributed by atoms with Gasteiger partial charge in [-0.25, -0.2) is 4.98 Å². The number of hydrogen-bond acceptors (Lipinski definition) is 4. The van der Waals surface area contributed by atoms with Crippen molar-refractivity contribution in [2.75, 3.05) is 7.11 Å². The van der Waals surface area contributed by atoms with Crippen LogP contribution in [0.25, 0.3) is 11.8 Å². The number of methoxy groups -OCH3 is 1. The highest BCUT2D eigenvalue weighted by molar-refractivity contribution is 6.01. The minimum Gasteiger partial charge on any atom is -0.495 e. The summed E-state index contributed by atoms with van der Waals surface area (Å²) < 4.78 is 7.63. The number of aryl methyl sites for hydroxylation is 2. The number of allylic oxidation sites excluding steroid dienone is 1. The molecule has 164 valence electrons. The van der Waals surface area contributed by atoms with Gasteiger partial charge in [-0.2, -0.15) is 0 Å². The van der Waals surface area contributed by atoms with Crippen LogP contribution in [-0.4, -0.2) is 22.4 Å². The Labute approximate surface area is 189 Å². The van der Waals surface area contributed by atoms with Gasteiger partial charge in [-0.15, -0.1) is 0 Å². The number of imidazole rings is 1. The van der Waals surface area contributed by atoms with Crippen LogP contribution in [0.4, 0.5) is 0 Å². The van der Waals surface area contributed by atoms with Crippen LogP contribution in [0.15, 0.2) is 66.2 Å². The summed E-state index contributed by atoms with van der Waals surface area (Å²) in [6, 6.07) is 14.9. The molecule has 1 saturated carbocycles. The van der Waals surface area contributed by atoms with Crippen LogP contribution in [0.2, 0.25) is 0 Å². The number of aromatic nitrogens is 2. The van der Waals surface area contributed by atoms with E-state index in [0.717, 1.165) is 41.2 Å². The first-order valence-electron chi connectivity index (χ1n) is 11.3. The number of nitrogens with zero attached hydrogens (tertiary/aromatic N) is 3. The third-order valence-corrected chi connectivity index (χ3v) is 6.71. The predicted octanol–water partition coefficient (Wildman–Crippen LogP) is 5.98. The molecule has 0 spiro atoms. The van der Waals surface area contributed by atoms with Gasteiger partial charge in [0.1, 0.15) is 5.75 Å². The third kappa shape index (κ3) is 3.62. The summed E-state index contributed by atoms with van der Waals surface area (Å²) >= 11 is 0. The van der Waals surface area contributed by atoms with Gasteiger partial charge in [-0.05, 0) is 62.4 Å². The van der Waals surface area contributed by atoms with E-state index in [0.29, 0.717) is 0 Å². The van der Waals surface area contributed by atoms with E-state index in [1.54, 1.807) is 13.4 Å². The third-order valence-electron chi connectivity index (χ3n) is 6.71. The van der Waals surface area contributed by atoms with E-state index >= 15 is 0 Å². The fraction of sp³-hybridized carbons (Fsp3) is 0.333. The van der Waals surface area contributed by atoms with Crippen LogP contribution in [0.3, 0.4) is 0 Å². The van der Waals surface area contributed by atoms with Gasteiger partial charge in [0.25, 0.3) is 0 Å².